The van der Waals surface area contributed by atoms with E-state index in [0.29, 0.717) is 5.92 Å². The van der Waals surface area contributed by atoms with Crippen LogP contribution in [0.2, 0.25) is 0 Å². The zero-order valence-corrected chi connectivity index (χ0v) is 10.9. The van der Waals surface area contributed by atoms with E-state index in [-0.39, 0.29) is 0 Å². The quantitative estimate of drug-likeness (QED) is 0.813. The number of hydrogen-bond donors (Lipinski definition) is 0. The van der Waals surface area contributed by atoms with Gasteiger partial charge in [-0.05, 0) is 24.1 Å². The fourth-order valence-electron chi connectivity index (χ4n) is 1.76. The molecule has 0 saturated carbocycles. The molecule has 0 saturated heterocycles. The maximum atomic E-state index is 4.64. The van der Waals surface area contributed by atoms with Gasteiger partial charge in [-0.25, -0.2) is 4.98 Å². The van der Waals surface area contributed by atoms with Crippen LogP contribution in [0.25, 0.3) is 11.0 Å². The van der Waals surface area contributed by atoms with Gasteiger partial charge in [0.05, 0.1) is 11.0 Å². The molecule has 0 fully saturated rings. The van der Waals surface area contributed by atoms with Crippen molar-refractivity contribution in [3.63, 3.8) is 0 Å². The summed E-state index contributed by atoms with van der Waals surface area (Å²) in [4.78, 5) is 4.64. The Hall–Kier alpha value is -0.830. The van der Waals surface area contributed by atoms with E-state index in [1.54, 1.807) is 0 Å². The zero-order chi connectivity index (χ0) is 11.0. The Morgan fingerprint density at radius 2 is 2.13 bits per heavy atom. The van der Waals surface area contributed by atoms with Gasteiger partial charge in [-0.2, -0.15) is 0 Å². The normalized spacial score (nSPS) is 11.5. The van der Waals surface area contributed by atoms with Crippen LogP contribution in [0.3, 0.4) is 0 Å². The Kier molecular flexibility index (Phi) is 2.83. The van der Waals surface area contributed by atoms with Crippen molar-refractivity contribution in [3.05, 3.63) is 28.5 Å². The fourth-order valence-corrected chi connectivity index (χ4v) is 2.11. The van der Waals surface area contributed by atoms with E-state index in [1.165, 1.54) is 5.52 Å². The van der Waals surface area contributed by atoms with Crippen molar-refractivity contribution in [2.24, 2.45) is 13.0 Å². The minimum absolute atomic E-state index is 0.643. The number of imidazole rings is 1. The summed E-state index contributed by atoms with van der Waals surface area (Å²) in [5.41, 5.74) is 2.27. The van der Waals surface area contributed by atoms with Crippen molar-refractivity contribution < 1.29 is 0 Å². The summed E-state index contributed by atoms with van der Waals surface area (Å²) >= 11 is 3.49. The second kappa shape index (κ2) is 3.97. The lowest BCUT2D eigenvalue weighted by molar-refractivity contribution is 0.606. The molecule has 0 unspecified atom stereocenters. The van der Waals surface area contributed by atoms with E-state index in [2.05, 4.69) is 58.5 Å². The van der Waals surface area contributed by atoms with Gasteiger partial charge in [0.25, 0.3) is 0 Å². The van der Waals surface area contributed by atoms with Crippen LogP contribution in [-0.2, 0) is 13.5 Å². The van der Waals surface area contributed by atoms with Crippen molar-refractivity contribution in [3.8, 4) is 0 Å². The number of benzene rings is 1. The van der Waals surface area contributed by atoms with Crippen molar-refractivity contribution in [2.75, 3.05) is 0 Å². The summed E-state index contributed by atoms with van der Waals surface area (Å²) in [6.07, 6.45) is 1.03. The maximum Gasteiger partial charge on any atom is 0.109 e. The molecule has 15 heavy (non-hydrogen) atoms. The molecule has 2 rings (SSSR count). The first-order valence-electron chi connectivity index (χ1n) is 5.19. The van der Waals surface area contributed by atoms with Gasteiger partial charge < -0.3 is 4.57 Å². The van der Waals surface area contributed by atoms with Crippen LogP contribution in [0.15, 0.2) is 22.7 Å². The zero-order valence-electron chi connectivity index (χ0n) is 9.29. The van der Waals surface area contributed by atoms with Crippen LogP contribution in [0.5, 0.6) is 0 Å². The summed E-state index contributed by atoms with van der Waals surface area (Å²) in [5.74, 6) is 1.81. The first-order chi connectivity index (χ1) is 7.08. The molecule has 0 N–H and O–H groups in total. The number of halogens is 1. The molecule has 0 aliphatic rings. The molecule has 0 amide bonds. The molecule has 0 spiro atoms. The Balaban J connectivity index is 2.54. The number of nitrogens with zero attached hydrogens (tertiary/aromatic N) is 2. The average molecular weight is 267 g/mol. The van der Waals surface area contributed by atoms with Crippen LogP contribution in [0, 0.1) is 5.92 Å². The number of fused-ring (bicyclic) bond motifs is 1. The van der Waals surface area contributed by atoms with Gasteiger partial charge in [0.2, 0.25) is 0 Å². The smallest absolute Gasteiger partial charge is 0.109 e. The van der Waals surface area contributed by atoms with Gasteiger partial charge in [-0.15, -0.1) is 0 Å². The van der Waals surface area contributed by atoms with E-state index >= 15 is 0 Å². The minimum Gasteiger partial charge on any atom is -0.331 e. The highest BCUT2D eigenvalue weighted by Crippen LogP contribution is 2.21. The summed E-state index contributed by atoms with van der Waals surface area (Å²) in [6.45, 7) is 4.44. The molecule has 0 aliphatic heterocycles. The lowest BCUT2D eigenvalue weighted by Gasteiger charge is -2.04. The molecule has 0 aliphatic carbocycles. The highest BCUT2D eigenvalue weighted by atomic mass is 79.9. The van der Waals surface area contributed by atoms with E-state index in [1.807, 2.05) is 6.07 Å². The molecule has 1 aromatic heterocycles. The third-order valence-corrected chi connectivity index (χ3v) is 3.02. The molecular weight excluding hydrogens is 252 g/mol. The van der Waals surface area contributed by atoms with Crippen LogP contribution >= 0.6 is 15.9 Å². The van der Waals surface area contributed by atoms with Crippen molar-refractivity contribution in [1.82, 2.24) is 9.55 Å². The summed E-state index contributed by atoms with van der Waals surface area (Å²) in [5, 5.41) is 0. The summed E-state index contributed by atoms with van der Waals surface area (Å²) in [7, 11) is 2.08. The lowest BCUT2D eigenvalue weighted by atomic mass is 10.1. The number of aryl methyl sites for hydroxylation is 1. The van der Waals surface area contributed by atoms with E-state index in [0.717, 1.165) is 22.2 Å². The van der Waals surface area contributed by atoms with Crippen LogP contribution in [0.4, 0.5) is 0 Å². The molecule has 2 aromatic rings. The number of aromatic nitrogens is 2. The predicted octanol–water partition coefficient (Wildman–Crippen LogP) is 3.53. The van der Waals surface area contributed by atoms with Gasteiger partial charge >= 0.3 is 0 Å². The molecule has 0 bridgehead atoms. The van der Waals surface area contributed by atoms with Gasteiger partial charge in [0.1, 0.15) is 5.82 Å². The Labute approximate surface area is 98.4 Å². The topological polar surface area (TPSA) is 17.8 Å². The monoisotopic (exact) mass is 266 g/mol. The van der Waals surface area contributed by atoms with Gasteiger partial charge in [0, 0.05) is 17.9 Å². The Bertz CT molecular complexity index is 486. The Morgan fingerprint density at radius 1 is 1.40 bits per heavy atom. The highest BCUT2D eigenvalue weighted by Gasteiger charge is 2.08. The standard InChI is InChI=1S/C12H15BrN2/c1-8(2)6-12-14-10-5-4-9(13)7-11(10)15(12)3/h4-5,7-8H,6H2,1-3H3. The highest BCUT2D eigenvalue weighted by molar-refractivity contribution is 9.10. The SMILES string of the molecule is CC(C)Cc1nc2ccc(Br)cc2n1C. The van der Waals surface area contributed by atoms with Crippen molar-refractivity contribution in [1.29, 1.82) is 0 Å². The van der Waals surface area contributed by atoms with Crippen LogP contribution < -0.4 is 0 Å². The second-order valence-corrected chi connectivity index (χ2v) is 5.23. The minimum atomic E-state index is 0.643. The largest absolute Gasteiger partial charge is 0.331 e. The fraction of sp³-hybridized carbons (Fsp3) is 0.417. The molecule has 1 aromatic carbocycles. The Morgan fingerprint density at radius 3 is 2.80 bits per heavy atom. The van der Waals surface area contributed by atoms with E-state index < -0.39 is 0 Å². The second-order valence-electron chi connectivity index (χ2n) is 4.32. The van der Waals surface area contributed by atoms with Gasteiger partial charge in [0.15, 0.2) is 0 Å². The average Bonchev–Trinajstić information content (AvgIpc) is 2.44. The molecular formula is C12H15BrN2. The third-order valence-electron chi connectivity index (χ3n) is 2.53. The van der Waals surface area contributed by atoms with Crippen molar-refractivity contribution in [2.45, 2.75) is 20.3 Å². The van der Waals surface area contributed by atoms with E-state index in [9.17, 15) is 0 Å². The number of hydrogen-bond acceptors (Lipinski definition) is 1. The maximum absolute atomic E-state index is 4.64. The summed E-state index contributed by atoms with van der Waals surface area (Å²) < 4.78 is 3.29. The molecule has 0 radical (unpaired) electrons. The predicted molar refractivity (Wildman–Crippen MR) is 67.0 cm³/mol. The van der Waals surface area contributed by atoms with Crippen LogP contribution in [0.1, 0.15) is 19.7 Å². The molecule has 80 valence electrons. The third kappa shape index (κ3) is 2.07. The van der Waals surface area contributed by atoms with Crippen molar-refractivity contribution >= 4 is 27.0 Å². The van der Waals surface area contributed by atoms with Gasteiger partial charge in [-0.1, -0.05) is 29.8 Å². The van der Waals surface area contributed by atoms with E-state index in [4.69, 9.17) is 0 Å². The first-order valence-corrected chi connectivity index (χ1v) is 5.98. The molecule has 2 nitrogen and oxygen atoms in total. The molecule has 1 heterocycles. The summed E-state index contributed by atoms with van der Waals surface area (Å²) in [6, 6.07) is 6.21. The van der Waals surface area contributed by atoms with Crippen LogP contribution in [-0.4, -0.2) is 9.55 Å². The lowest BCUT2D eigenvalue weighted by Crippen LogP contribution is -2.02. The first kappa shape index (κ1) is 10.7. The molecule has 0 atom stereocenters. The molecule has 3 heteroatoms. The van der Waals surface area contributed by atoms with Gasteiger partial charge in [-0.3, -0.25) is 0 Å². The number of rotatable bonds is 2.